The van der Waals surface area contributed by atoms with Crippen LogP contribution >= 0.6 is 58.2 Å². The fourth-order valence-electron chi connectivity index (χ4n) is 2.67. The Bertz CT molecular complexity index is 1030. The summed E-state index contributed by atoms with van der Waals surface area (Å²) in [5, 5.41) is 4.53. The molecule has 0 saturated heterocycles. The number of hydrogen-bond acceptors (Lipinski definition) is 4. The summed E-state index contributed by atoms with van der Waals surface area (Å²) in [6.07, 6.45) is 0. The number of hydrogen-bond donors (Lipinski definition) is 1. The second-order valence-corrected chi connectivity index (χ2v) is 9.16. The van der Waals surface area contributed by atoms with E-state index in [4.69, 9.17) is 51.1 Å². The highest BCUT2D eigenvalue weighted by molar-refractivity contribution is 8.00. The van der Waals surface area contributed by atoms with Gasteiger partial charge in [-0.2, -0.15) is 0 Å². The molecule has 154 valence electrons. The van der Waals surface area contributed by atoms with E-state index in [9.17, 15) is 4.79 Å². The van der Waals surface area contributed by atoms with Crippen molar-refractivity contribution >= 4 is 80.8 Å². The molecule has 3 aromatic rings. The Kier molecular flexibility index (Phi) is 7.59. The van der Waals surface area contributed by atoms with Crippen LogP contribution in [0.15, 0.2) is 35.5 Å². The summed E-state index contributed by atoms with van der Waals surface area (Å²) in [6, 6.07) is 8.56. The minimum atomic E-state index is -0.466. The standard InChI is InChI=1S/C19H17Cl4N3O2S/c1-10(18(27)25-17-13(22)7-12(21)8-14(17)23)29-19-24-15-9-11(20)3-4-16(15)26(19)5-6-28-2/h3-4,7-10H,5-6H2,1-2H3,(H,25,27). The smallest absolute Gasteiger partial charge is 0.237 e. The Morgan fingerprint density at radius 1 is 1.17 bits per heavy atom. The molecule has 0 spiro atoms. The monoisotopic (exact) mass is 491 g/mol. The topological polar surface area (TPSA) is 56.1 Å². The molecule has 2 aromatic carbocycles. The van der Waals surface area contributed by atoms with Gasteiger partial charge in [0.05, 0.1) is 38.6 Å². The Morgan fingerprint density at radius 3 is 2.52 bits per heavy atom. The number of aromatic nitrogens is 2. The molecule has 0 fully saturated rings. The zero-order chi connectivity index (χ0) is 21.1. The number of carbonyl (C=O) groups excluding carboxylic acids is 1. The molecule has 1 amide bonds. The number of amides is 1. The number of fused-ring (bicyclic) bond motifs is 1. The maximum atomic E-state index is 12.7. The van der Waals surface area contributed by atoms with Crippen LogP contribution in [0.3, 0.4) is 0 Å². The van der Waals surface area contributed by atoms with Crippen molar-refractivity contribution in [3.8, 4) is 0 Å². The van der Waals surface area contributed by atoms with Crippen molar-refractivity contribution in [1.29, 1.82) is 0 Å². The second kappa shape index (κ2) is 9.77. The fourth-order valence-corrected chi connectivity index (χ4v) is 4.70. The van der Waals surface area contributed by atoms with E-state index in [-0.39, 0.29) is 16.0 Å². The first-order valence-electron chi connectivity index (χ1n) is 8.57. The van der Waals surface area contributed by atoms with Crippen LogP contribution in [-0.4, -0.2) is 34.4 Å². The van der Waals surface area contributed by atoms with Crippen molar-refractivity contribution in [2.24, 2.45) is 0 Å². The number of imidazole rings is 1. The van der Waals surface area contributed by atoms with Gasteiger partial charge in [0.25, 0.3) is 0 Å². The molecule has 0 aliphatic rings. The van der Waals surface area contributed by atoms with E-state index >= 15 is 0 Å². The van der Waals surface area contributed by atoms with Crippen molar-refractivity contribution < 1.29 is 9.53 Å². The highest BCUT2D eigenvalue weighted by Crippen LogP contribution is 2.35. The summed E-state index contributed by atoms with van der Waals surface area (Å²) in [6.45, 7) is 2.89. The average Bonchev–Trinajstić information content (AvgIpc) is 2.98. The lowest BCUT2D eigenvalue weighted by atomic mass is 10.3. The third-order valence-corrected chi connectivity index (χ3v) is 6.24. The zero-order valence-electron chi connectivity index (χ0n) is 15.5. The van der Waals surface area contributed by atoms with Gasteiger partial charge in [0.1, 0.15) is 0 Å². The highest BCUT2D eigenvalue weighted by atomic mass is 35.5. The number of ether oxygens (including phenoxy) is 1. The van der Waals surface area contributed by atoms with Gasteiger partial charge in [-0.15, -0.1) is 0 Å². The van der Waals surface area contributed by atoms with Crippen molar-refractivity contribution in [3.63, 3.8) is 0 Å². The number of halogens is 4. The Labute approximate surface area is 192 Å². The number of nitrogens with zero attached hydrogens (tertiary/aromatic N) is 2. The third kappa shape index (κ3) is 5.32. The van der Waals surface area contributed by atoms with Crippen molar-refractivity contribution in [3.05, 3.63) is 50.4 Å². The van der Waals surface area contributed by atoms with Gasteiger partial charge in [-0.1, -0.05) is 58.2 Å². The van der Waals surface area contributed by atoms with Crippen LogP contribution in [0.1, 0.15) is 6.92 Å². The second-order valence-electron chi connectivity index (χ2n) is 6.17. The largest absolute Gasteiger partial charge is 0.383 e. The van der Waals surface area contributed by atoms with Gasteiger partial charge in [-0.3, -0.25) is 4.79 Å². The number of benzene rings is 2. The molecule has 0 aliphatic carbocycles. The number of anilines is 1. The molecule has 1 unspecified atom stereocenters. The van der Waals surface area contributed by atoms with Crippen molar-refractivity contribution in [2.45, 2.75) is 23.9 Å². The van der Waals surface area contributed by atoms with Crippen LogP contribution in [0.5, 0.6) is 0 Å². The van der Waals surface area contributed by atoms with Gasteiger partial charge in [-0.05, 0) is 37.3 Å². The molecule has 0 radical (unpaired) electrons. The van der Waals surface area contributed by atoms with Gasteiger partial charge in [0.2, 0.25) is 5.91 Å². The molecule has 3 rings (SSSR count). The summed E-state index contributed by atoms with van der Waals surface area (Å²) < 4.78 is 7.21. The van der Waals surface area contributed by atoms with E-state index in [0.29, 0.717) is 34.0 Å². The number of rotatable bonds is 7. The molecule has 10 heteroatoms. The van der Waals surface area contributed by atoms with E-state index in [0.717, 1.165) is 11.0 Å². The Hall–Kier alpha value is -1.15. The molecule has 1 heterocycles. The van der Waals surface area contributed by atoms with E-state index in [1.807, 2.05) is 16.7 Å². The van der Waals surface area contributed by atoms with Crippen LogP contribution in [0.25, 0.3) is 11.0 Å². The van der Waals surface area contributed by atoms with Crippen LogP contribution in [0, 0.1) is 0 Å². The predicted octanol–water partition coefficient (Wildman–Crippen LogP) is 6.42. The van der Waals surface area contributed by atoms with Crippen molar-refractivity contribution in [2.75, 3.05) is 19.0 Å². The summed E-state index contributed by atoms with van der Waals surface area (Å²) >= 11 is 25.7. The van der Waals surface area contributed by atoms with Gasteiger partial charge in [0, 0.05) is 23.7 Å². The van der Waals surface area contributed by atoms with Crippen LogP contribution in [0.2, 0.25) is 20.1 Å². The summed E-state index contributed by atoms with van der Waals surface area (Å²) in [7, 11) is 1.64. The molecule has 1 N–H and O–H groups in total. The van der Waals surface area contributed by atoms with Gasteiger partial charge >= 0.3 is 0 Å². The van der Waals surface area contributed by atoms with Crippen molar-refractivity contribution in [1.82, 2.24) is 9.55 Å². The van der Waals surface area contributed by atoms with E-state index in [1.54, 1.807) is 20.1 Å². The Morgan fingerprint density at radius 2 is 1.86 bits per heavy atom. The number of thioether (sulfide) groups is 1. The van der Waals surface area contributed by atoms with E-state index in [2.05, 4.69) is 10.3 Å². The van der Waals surface area contributed by atoms with Crippen LogP contribution in [0.4, 0.5) is 5.69 Å². The lowest BCUT2D eigenvalue weighted by Crippen LogP contribution is -2.23. The lowest BCUT2D eigenvalue weighted by Gasteiger charge is -2.15. The number of carbonyl (C=O) groups is 1. The van der Waals surface area contributed by atoms with Gasteiger partial charge in [-0.25, -0.2) is 4.98 Å². The minimum Gasteiger partial charge on any atom is -0.383 e. The molecule has 29 heavy (non-hydrogen) atoms. The van der Waals surface area contributed by atoms with Gasteiger partial charge < -0.3 is 14.6 Å². The number of methoxy groups -OCH3 is 1. The highest BCUT2D eigenvalue weighted by Gasteiger charge is 2.21. The van der Waals surface area contributed by atoms with E-state index in [1.165, 1.54) is 23.9 Å². The van der Waals surface area contributed by atoms with Crippen LogP contribution < -0.4 is 5.32 Å². The lowest BCUT2D eigenvalue weighted by molar-refractivity contribution is -0.115. The predicted molar refractivity (Wildman–Crippen MR) is 122 cm³/mol. The summed E-state index contributed by atoms with van der Waals surface area (Å²) in [5.41, 5.74) is 2.01. The number of nitrogens with one attached hydrogen (secondary N) is 1. The maximum absolute atomic E-state index is 12.7. The Balaban J connectivity index is 1.83. The average molecular weight is 493 g/mol. The summed E-state index contributed by atoms with van der Waals surface area (Å²) in [4.78, 5) is 17.4. The van der Waals surface area contributed by atoms with E-state index < -0.39 is 5.25 Å². The molecule has 1 atom stereocenters. The molecular formula is C19H17Cl4N3O2S. The quantitative estimate of drug-likeness (QED) is 0.387. The minimum absolute atomic E-state index is 0.260. The first-order valence-corrected chi connectivity index (χ1v) is 11.0. The molecule has 5 nitrogen and oxygen atoms in total. The zero-order valence-corrected chi connectivity index (χ0v) is 19.3. The normalized spacial score (nSPS) is 12.3. The first kappa shape index (κ1) is 22.5. The molecule has 0 saturated carbocycles. The maximum Gasteiger partial charge on any atom is 0.237 e. The molecule has 0 aliphatic heterocycles. The van der Waals surface area contributed by atoms with Crippen LogP contribution in [-0.2, 0) is 16.1 Å². The third-order valence-electron chi connectivity index (χ3n) is 4.10. The molecule has 0 bridgehead atoms. The summed E-state index contributed by atoms with van der Waals surface area (Å²) in [5.74, 6) is -0.260. The SMILES string of the molecule is COCCn1c(SC(C)C(=O)Nc2c(Cl)cc(Cl)cc2Cl)nc2cc(Cl)ccc21. The fraction of sp³-hybridized carbons (Fsp3) is 0.263. The molecule has 1 aromatic heterocycles. The molecular weight excluding hydrogens is 476 g/mol. The van der Waals surface area contributed by atoms with Gasteiger partial charge in [0.15, 0.2) is 5.16 Å². The first-order chi connectivity index (χ1) is 13.8.